The first-order valence-corrected chi connectivity index (χ1v) is 5.62. The van der Waals surface area contributed by atoms with E-state index in [1.807, 2.05) is 0 Å². The van der Waals surface area contributed by atoms with E-state index in [2.05, 4.69) is 19.2 Å². The molecule has 1 nitrogen and oxygen atoms in total. The summed E-state index contributed by atoms with van der Waals surface area (Å²) in [6.07, 6.45) is 9.88. The predicted molar refractivity (Wildman–Crippen MR) is 62.3 cm³/mol. The molecule has 0 heterocycles. The van der Waals surface area contributed by atoms with Gasteiger partial charge < -0.3 is 5.32 Å². The summed E-state index contributed by atoms with van der Waals surface area (Å²) in [6.45, 7) is 6.77. The molecule has 0 aromatic heterocycles. The molecular weight excluding hydrogens is 153 g/mol. The van der Waals surface area contributed by atoms with E-state index in [1.165, 1.54) is 51.5 Å². The first-order valence-electron chi connectivity index (χ1n) is 5.62. The van der Waals surface area contributed by atoms with Crippen molar-refractivity contribution in [2.45, 2.75) is 58.8 Å². The summed E-state index contributed by atoms with van der Waals surface area (Å²) in [5.74, 6) is 0. The van der Waals surface area contributed by atoms with E-state index < -0.39 is 0 Å². The Labute approximate surface area is 96.2 Å². The zero-order valence-electron chi connectivity index (χ0n) is 9.86. The van der Waals surface area contributed by atoms with Crippen molar-refractivity contribution < 1.29 is 0 Å². The fourth-order valence-electron chi connectivity index (χ4n) is 1.38. The Morgan fingerprint density at radius 3 is 1.85 bits per heavy atom. The van der Waals surface area contributed by atoms with Crippen LogP contribution in [-0.4, -0.2) is 32.0 Å². The van der Waals surface area contributed by atoms with Crippen molar-refractivity contribution in [2.75, 3.05) is 13.1 Å². The van der Waals surface area contributed by atoms with Crippen LogP contribution in [0.1, 0.15) is 58.8 Å². The number of hydrogen-bond donors (Lipinski definition) is 1. The van der Waals surface area contributed by atoms with Gasteiger partial charge in [-0.25, -0.2) is 0 Å². The SMILES string of the molecule is CCCCCCCCCNCC.[Li]. The van der Waals surface area contributed by atoms with Gasteiger partial charge in [-0.2, -0.15) is 0 Å². The Kier molecular flexibility index (Phi) is 18.5. The minimum Gasteiger partial charge on any atom is -0.317 e. The Morgan fingerprint density at radius 2 is 1.31 bits per heavy atom. The molecule has 75 valence electrons. The maximum absolute atomic E-state index is 3.35. The third-order valence-electron chi connectivity index (χ3n) is 2.21. The summed E-state index contributed by atoms with van der Waals surface area (Å²) >= 11 is 0. The van der Waals surface area contributed by atoms with Crippen LogP contribution in [0.25, 0.3) is 0 Å². The molecule has 0 atom stereocenters. The monoisotopic (exact) mass is 178 g/mol. The van der Waals surface area contributed by atoms with Crippen molar-refractivity contribution in [3.05, 3.63) is 0 Å². The molecule has 1 radical (unpaired) electrons. The third-order valence-corrected chi connectivity index (χ3v) is 2.21. The molecule has 0 aromatic rings. The van der Waals surface area contributed by atoms with Crippen LogP contribution in [0.5, 0.6) is 0 Å². The van der Waals surface area contributed by atoms with Crippen molar-refractivity contribution in [1.82, 2.24) is 5.32 Å². The molecule has 0 aliphatic carbocycles. The summed E-state index contributed by atoms with van der Waals surface area (Å²) in [7, 11) is 0. The van der Waals surface area contributed by atoms with Gasteiger partial charge in [0.2, 0.25) is 0 Å². The van der Waals surface area contributed by atoms with Crippen molar-refractivity contribution in [3.63, 3.8) is 0 Å². The second kappa shape index (κ2) is 15.0. The van der Waals surface area contributed by atoms with Crippen molar-refractivity contribution in [2.24, 2.45) is 0 Å². The van der Waals surface area contributed by atoms with E-state index in [4.69, 9.17) is 0 Å². The number of rotatable bonds is 9. The molecule has 0 saturated carbocycles. The molecule has 0 spiro atoms. The van der Waals surface area contributed by atoms with Crippen molar-refractivity contribution in [3.8, 4) is 0 Å². The zero-order valence-corrected chi connectivity index (χ0v) is 9.86. The Morgan fingerprint density at radius 1 is 0.769 bits per heavy atom. The first-order chi connectivity index (χ1) is 5.91. The van der Waals surface area contributed by atoms with Crippen LogP contribution in [-0.2, 0) is 0 Å². The van der Waals surface area contributed by atoms with Crippen LogP contribution in [0.2, 0.25) is 0 Å². The minimum atomic E-state index is 0. The quantitative estimate of drug-likeness (QED) is 0.423. The minimum absolute atomic E-state index is 0. The van der Waals surface area contributed by atoms with Crippen LogP contribution in [0.15, 0.2) is 0 Å². The van der Waals surface area contributed by atoms with Crippen molar-refractivity contribution >= 4 is 18.9 Å². The average Bonchev–Trinajstić information content (AvgIpc) is 2.10. The summed E-state index contributed by atoms with van der Waals surface area (Å²) in [5.41, 5.74) is 0. The molecule has 13 heavy (non-hydrogen) atoms. The largest absolute Gasteiger partial charge is 0.317 e. The molecule has 2 heteroatoms. The average molecular weight is 178 g/mol. The molecule has 0 amide bonds. The van der Waals surface area contributed by atoms with Crippen LogP contribution in [0.4, 0.5) is 0 Å². The fraction of sp³-hybridized carbons (Fsp3) is 1.00. The summed E-state index contributed by atoms with van der Waals surface area (Å²) in [4.78, 5) is 0. The van der Waals surface area contributed by atoms with Gasteiger partial charge in [-0.3, -0.25) is 0 Å². The van der Waals surface area contributed by atoms with E-state index in [0.717, 1.165) is 6.54 Å². The van der Waals surface area contributed by atoms with Gasteiger partial charge in [-0.05, 0) is 19.5 Å². The Bertz CT molecular complexity index is 66.5. The zero-order chi connectivity index (χ0) is 9.07. The van der Waals surface area contributed by atoms with E-state index in [1.54, 1.807) is 0 Å². The van der Waals surface area contributed by atoms with E-state index >= 15 is 0 Å². The Balaban J connectivity index is 0. The van der Waals surface area contributed by atoms with Gasteiger partial charge in [-0.1, -0.05) is 52.4 Å². The van der Waals surface area contributed by atoms with Crippen LogP contribution in [0, 0.1) is 0 Å². The van der Waals surface area contributed by atoms with Crippen LogP contribution >= 0.6 is 0 Å². The predicted octanol–water partition coefficient (Wildman–Crippen LogP) is 2.97. The third kappa shape index (κ3) is 15.3. The second-order valence-corrected chi connectivity index (χ2v) is 3.47. The maximum Gasteiger partial charge on any atom is 0 e. The molecule has 0 bridgehead atoms. The second-order valence-electron chi connectivity index (χ2n) is 3.47. The summed E-state index contributed by atoms with van der Waals surface area (Å²) in [6, 6.07) is 0. The molecule has 1 N–H and O–H groups in total. The number of nitrogens with one attached hydrogen (secondary N) is 1. The normalized spacial score (nSPS) is 9.69. The standard InChI is InChI=1S/C11H25N.Li/c1-3-5-6-7-8-9-10-11-12-4-2;/h12H,3-11H2,1-2H3;. The first kappa shape index (κ1) is 16.0. The number of unbranched alkanes of at least 4 members (excludes halogenated alkanes) is 6. The van der Waals surface area contributed by atoms with Crippen LogP contribution < -0.4 is 5.32 Å². The maximum atomic E-state index is 3.35. The van der Waals surface area contributed by atoms with Gasteiger partial charge in [-0.15, -0.1) is 0 Å². The van der Waals surface area contributed by atoms with E-state index in [0.29, 0.717) is 0 Å². The van der Waals surface area contributed by atoms with E-state index in [9.17, 15) is 0 Å². The van der Waals surface area contributed by atoms with Gasteiger partial charge >= 0.3 is 0 Å². The Hall–Kier alpha value is 0.557. The topological polar surface area (TPSA) is 12.0 Å². The molecule has 0 rings (SSSR count). The molecular formula is C11H25LiN. The number of hydrogen-bond acceptors (Lipinski definition) is 1. The van der Waals surface area contributed by atoms with Gasteiger partial charge in [0.1, 0.15) is 0 Å². The molecule has 0 unspecified atom stereocenters. The molecule has 0 aliphatic heterocycles. The van der Waals surface area contributed by atoms with Gasteiger partial charge in [0.05, 0.1) is 0 Å². The molecule has 0 aliphatic rings. The van der Waals surface area contributed by atoms with Gasteiger partial charge in [0.25, 0.3) is 0 Å². The van der Waals surface area contributed by atoms with Gasteiger partial charge in [0.15, 0.2) is 0 Å². The molecule has 0 fully saturated rings. The van der Waals surface area contributed by atoms with Crippen molar-refractivity contribution in [1.29, 1.82) is 0 Å². The van der Waals surface area contributed by atoms with E-state index in [-0.39, 0.29) is 18.9 Å². The van der Waals surface area contributed by atoms with Gasteiger partial charge in [0, 0.05) is 18.9 Å². The fourth-order valence-corrected chi connectivity index (χ4v) is 1.38. The summed E-state index contributed by atoms with van der Waals surface area (Å²) in [5, 5.41) is 3.35. The van der Waals surface area contributed by atoms with Crippen LogP contribution in [0.3, 0.4) is 0 Å². The smallest absolute Gasteiger partial charge is 0 e. The summed E-state index contributed by atoms with van der Waals surface area (Å²) < 4.78 is 0. The molecule has 0 aromatic carbocycles. The molecule has 0 saturated heterocycles.